The highest BCUT2D eigenvalue weighted by Gasteiger charge is 2.36. The van der Waals surface area contributed by atoms with Crippen LogP contribution in [0.3, 0.4) is 0 Å². The van der Waals surface area contributed by atoms with Crippen molar-refractivity contribution in [2.24, 2.45) is 46.6 Å². The number of amides is 7. The summed E-state index contributed by atoms with van der Waals surface area (Å²) in [4.78, 5) is 128. The Hall–Kier alpha value is -5.84. The van der Waals surface area contributed by atoms with Gasteiger partial charge in [-0.05, 0) is 101 Å². The van der Waals surface area contributed by atoms with Crippen LogP contribution in [-0.2, 0) is 49.6 Å². The van der Waals surface area contributed by atoms with E-state index in [1.807, 2.05) is 27.7 Å². The smallest absolute Gasteiger partial charge is 0.243 e. The Bertz CT molecular complexity index is 2060. The van der Waals surface area contributed by atoms with Gasteiger partial charge in [0, 0.05) is 37.6 Å². The number of aliphatic hydroxyl groups is 1. The number of hydrogen-bond acceptors (Lipinski definition) is 14. The van der Waals surface area contributed by atoms with Crippen LogP contribution >= 0.6 is 0 Å². The third kappa shape index (κ3) is 27.2. The van der Waals surface area contributed by atoms with Crippen LogP contribution in [-0.4, -0.2) is 132 Å². The molecule has 1 aromatic carbocycles. The third-order valence-corrected chi connectivity index (χ3v) is 13.7. The zero-order chi connectivity index (χ0) is 58.2. The second-order valence-electron chi connectivity index (χ2n) is 21.8. The van der Waals surface area contributed by atoms with Crippen LogP contribution in [0.1, 0.15) is 162 Å². The first-order valence-corrected chi connectivity index (χ1v) is 28.4. The molecule has 78 heavy (non-hydrogen) atoms. The van der Waals surface area contributed by atoms with E-state index in [1.165, 1.54) is 0 Å². The molecule has 1 aliphatic heterocycles. The fourth-order valence-corrected chi connectivity index (χ4v) is 9.43. The van der Waals surface area contributed by atoms with Crippen LogP contribution in [0.4, 0.5) is 0 Å². The molecule has 22 nitrogen and oxygen atoms in total. The summed E-state index contributed by atoms with van der Waals surface area (Å²) >= 11 is 0. The fraction of sp³-hybridized carbons (Fsp3) is 0.714. The second kappa shape index (κ2) is 37.9. The summed E-state index contributed by atoms with van der Waals surface area (Å²) in [5.41, 5.74) is 24.2. The average Bonchev–Trinajstić information content (AvgIpc) is 3.37. The minimum Gasteiger partial charge on any atom is -0.393 e. The Morgan fingerprint density at radius 2 is 1.19 bits per heavy atom. The number of nitrogens with two attached hydrogens (primary N) is 4. The molecular formula is C56H96N12O10. The summed E-state index contributed by atoms with van der Waals surface area (Å²) in [7, 11) is 0. The van der Waals surface area contributed by atoms with Gasteiger partial charge in [-0.25, -0.2) is 0 Å². The molecule has 2 rings (SSSR count). The van der Waals surface area contributed by atoms with Crippen LogP contribution in [0.15, 0.2) is 30.3 Å². The monoisotopic (exact) mass is 1100 g/mol. The molecule has 1 aliphatic rings. The molecule has 0 saturated carbocycles. The second-order valence-corrected chi connectivity index (χ2v) is 21.8. The van der Waals surface area contributed by atoms with E-state index < -0.39 is 120 Å². The van der Waals surface area contributed by atoms with Gasteiger partial charge >= 0.3 is 0 Å². The lowest BCUT2D eigenvalue weighted by molar-refractivity contribution is -0.136. The first-order chi connectivity index (χ1) is 37.1. The molecule has 0 unspecified atom stereocenters. The highest BCUT2D eigenvalue weighted by Crippen LogP contribution is 2.20. The number of aliphatic hydroxyl groups excluding tert-OH is 1. The lowest BCUT2D eigenvalue weighted by Crippen LogP contribution is -2.59. The predicted octanol–water partition coefficient (Wildman–Crippen LogP) is 1.56. The highest BCUT2D eigenvalue weighted by molar-refractivity contribution is 5.98. The summed E-state index contributed by atoms with van der Waals surface area (Å²) in [6, 6.07) is 1.73. The Morgan fingerprint density at radius 3 is 1.78 bits per heavy atom. The van der Waals surface area contributed by atoms with Gasteiger partial charge in [0.1, 0.15) is 24.2 Å². The van der Waals surface area contributed by atoms with Crippen LogP contribution in [0.2, 0.25) is 0 Å². The molecule has 440 valence electrons. The van der Waals surface area contributed by atoms with Gasteiger partial charge in [0.15, 0.2) is 11.6 Å². The number of Topliss-reactive ketones (excluding diaryl/α,β-unsaturated/α-hetero) is 2. The number of carbonyl (C=O) groups excluding carboxylic acids is 9. The van der Waals surface area contributed by atoms with Crippen molar-refractivity contribution in [3.8, 4) is 0 Å². The number of rotatable bonds is 29. The van der Waals surface area contributed by atoms with Crippen LogP contribution in [0, 0.1) is 29.1 Å². The number of nitrogens with one attached hydrogen (secondary N) is 8. The molecule has 1 saturated heterocycles. The normalized spacial score (nSPS) is 22.6. The predicted molar refractivity (Wildman–Crippen MR) is 300 cm³/mol. The van der Waals surface area contributed by atoms with Gasteiger partial charge in [0.2, 0.25) is 41.4 Å². The van der Waals surface area contributed by atoms with E-state index >= 15 is 0 Å². The molecule has 0 aromatic heterocycles. The fourth-order valence-electron chi connectivity index (χ4n) is 9.43. The third-order valence-electron chi connectivity index (χ3n) is 13.7. The van der Waals surface area contributed by atoms with Crippen molar-refractivity contribution in [2.75, 3.05) is 26.2 Å². The van der Waals surface area contributed by atoms with Crippen LogP contribution < -0.4 is 60.2 Å². The van der Waals surface area contributed by atoms with E-state index in [0.29, 0.717) is 24.8 Å². The van der Waals surface area contributed by atoms with Crippen molar-refractivity contribution in [1.82, 2.24) is 37.2 Å². The van der Waals surface area contributed by atoms with Gasteiger partial charge in [-0.3, -0.25) is 48.6 Å². The lowest BCUT2D eigenvalue weighted by Gasteiger charge is -2.28. The SMILES string of the molecule is CCCCCCC[C@@H](O)CC(=O)N[C@H](CCN)C(=O)C[C@H]1CCNC(=O)[C@H](CC(C)C)NC(=O)[C@H](CCN)NC(=O)[C@H](CCCCC(=N)N)NC(=O)[C@H](CC(C)C)NC(=O)[C@@H](Cc2ccccc2)CC(=O)[C@H](CCN)NC1=O. The number of ketones is 2. The van der Waals surface area contributed by atoms with E-state index in [0.717, 1.165) is 32.1 Å². The summed E-state index contributed by atoms with van der Waals surface area (Å²) in [5.74, 6) is -8.43. The van der Waals surface area contributed by atoms with Crippen molar-refractivity contribution in [3.63, 3.8) is 0 Å². The Labute approximate surface area is 462 Å². The maximum Gasteiger partial charge on any atom is 0.243 e. The van der Waals surface area contributed by atoms with Crippen molar-refractivity contribution < 1.29 is 48.3 Å². The summed E-state index contributed by atoms with van der Waals surface area (Å²) < 4.78 is 0. The minimum atomic E-state index is -1.26. The molecule has 22 heteroatoms. The maximum atomic E-state index is 14.6. The number of hydrogen-bond donors (Lipinski definition) is 13. The Kier molecular flexibility index (Phi) is 33.2. The van der Waals surface area contributed by atoms with E-state index in [-0.39, 0.29) is 108 Å². The standard InChI is InChI=1S/C56H96N12O10/c1-6-7-8-9-13-18-40(69)34-50(72)63-41(21-25-57)47(70)32-38-24-28-62-53(75)45(29-35(2)3)68-55(77)44(23-27-59)66-54(76)43(19-14-15-20-49(60)61)65-56(78)46(30-36(4)5)67-52(74)39(31-37-16-11-10-12-17-37)33-48(71)42(22-26-58)64-51(38)73/h10-12,16-17,35-36,38-46,69H,6-9,13-15,18-34,57-59H2,1-5H3,(H3,60,61)(H,62,75)(H,63,72)(H,64,73)(H,65,78)(H,66,76)(H,67,74)(H,68,77)/t38-,39+,40-,41-,42+,43+,44+,45+,46+/m1/s1. The Balaban J connectivity index is 2.72. The molecule has 1 aromatic rings. The Morgan fingerprint density at radius 1 is 0.654 bits per heavy atom. The molecule has 0 aliphatic carbocycles. The molecule has 1 fully saturated rings. The number of amidine groups is 1. The molecule has 9 atom stereocenters. The van der Waals surface area contributed by atoms with Gasteiger partial charge in [0.05, 0.1) is 30.4 Å². The van der Waals surface area contributed by atoms with Gasteiger partial charge in [-0.15, -0.1) is 0 Å². The van der Waals surface area contributed by atoms with Crippen molar-refractivity contribution in [1.29, 1.82) is 5.41 Å². The van der Waals surface area contributed by atoms with Gasteiger partial charge < -0.3 is 65.3 Å². The molecular weight excluding hydrogens is 1000 g/mol. The van der Waals surface area contributed by atoms with Crippen LogP contribution in [0.5, 0.6) is 0 Å². The first-order valence-electron chi connectivity index (χ1n) is 28.4. The summed E-state index contributed by atoms with van der Waals surface area (Å²) in [6.07, 6.45) is 4.37. The number of benzene rings is 1. The zero-order valence-corrected chi connectivity index (χ0v) is 47.1. The van der Waals surface area contributed by atoms with E-state index in [4.69, 9.17) is 28.3 Å². The average molecular weight is 1100 g/mol. The van der Waals surface area contributed by atoms with E-state index in [9.17, 15) is 48.3 Å². The molecule has 7 amide bonds. The maximum absolute atomic E-state index is 14.6. The molecule has 0 radical (unpaired) electrons. The topological polar surface area (TPSA) is 386 Å². The van der Waals surface area contributed by atoms with E-state index in [2.05, 4.69) is 44.1 Å². The zero-order valence-electron chi connectivity index (χ0n) is 47.1. The number of unbranched alkanes of at least 4 members (excludes halogenated alkanes) is 5. The molecule has 17 N–H and O–H groups in total. The van der Waals surface area contributed by atoms with Gasteiger partial charge in [0.25, 0.3) is 0 Å². The molecule has 0 bridgehead atoms. The first kappa shape index (κ1) is 68.3. The highest BCUT2D eigenvalue weighted by atomic mass is 16.3. The van der Waals surface area contributed by atoms with Crippen LogP contribution in [0.25, 0.3) is 0 Å². The minimum absolute atomic E-state index is 0.00113. The lowest BCUT2D eigenvalue weighted by atomic mass is 9.89. The van der Waals surface area contributed by atoms with Gasteiger partial charge in [-0.1, -0.05) is 103 Å². The largest absolute Gasteiger partial charge is 0.393 e. The molecule has 1 heterocycles. The van der Waals surface area contributed by atoms with E-state index in [1.54, 1.807) is 30.3 Å². The number of carbonyl (C=O) groups is 9. The van der Waals surface area contributed by atoms with Crippen molar-refractivity contribution in [2.45, 2.75) is 205 Å². The summed E-state index contributed by atoms with van der Waals surface area (Å²) in [6.45, 7) is 9.20. The quantitative estimate of drug-likeness (QED) is 0.0308. The van der Waals surface area contributed by atoms with Crippen molar-refractivity contribution >= 4 is 58.8 Å². The molecule has 0 spiro atoms. The van der Waals surface area contributed by atoms with Gasteiger partial charge in [-0.2, -0.15) is 0 Å². The van der Waals surface area contributed by atoms with Crippen molar-refractivity contribution in [3.05, 3.63) is 35.9 Å². The summed E-state index contributed by atoms with van der Waals surface area (Å²) in [5, 5.41) is 37.7.